The summed E-state index contributed by atoms with van der Waals surface area (Å²) in [6.45, 7) is 5.11. The van der Waals surface area contributed by atoms with Crippen LogP contribution in [0.3, 0.4) is 0 Å². The molecule has 1 amide bonds. The summed E-state index contributed by atoms with van der Waals surface area (Å²) in [7, 11) is -3.65. The Morgan fingerprint density at radius 3 is 2.03 bits per heavy atom. The predicted molar refractivity (Wildman–Crippen MR) is 122 cm³/mol. The lowest BCUT2D eigenvalue weighted by Gasteiger charge is -2.42. The molecule has 0 N–H and O–H groups in total. The molecule has 4 rings (SSSR count). The highest BCUT2D eigenvalue weighted by Crippen LogP contribution is 2.31. The number of nitrogens with zero attached hydrogens (tertiary/aromatic N) is 4. The number of hydrogen-bond acceptors (Lipinski definition) is 5. The molecule has 3 fully saturated rings. The summed E-state index contributed by atoms with van der Waals surface area (Å²) >= 11 is 0. The molecule has 9 heteroatoms. The van der Waals surface area contributed by atoms with Crippen molar-refractivity contribution in [3.05, 3.63) is 11.4 Å². The van der Waals surface area contributed by atoms with E-state index < -0.39 is 10.0 Å². The second-order valence-electron chi connectivity index (χ2n) is 9.56. The molecule has 1 aliphatic heterocycles. The van der Waals surface area contributed by atoms with Gasteiger partial charge in [0.1, 0.15) is 11.4 Å². The summed E-state index contributed by atoms with van der Waals surface area (Å²) in [5.41, 5.74) is 1.01. The Morgan fingerprint density at radius 2 is 1.50 bits per heavy atom. The molecule has 1 saturated heterocycles. The molecule has 0 unspecified atom stereocenters. The van der Waals surface area contributed by atoms with Crippen molar-refractivity contribution in [1.82, 2.24) is 19.0 Å². The van der Waals surface area contributed by atoms with Crippen molar-refractivity contribution in [3.63, 3.8) is 0 Å². The summed E-state index contributed by atoms with van der Waals surface area (Å²) in [6, 6.07) is 0.626. The fourth-order valence-electron chi connectivity index (χ4n) is 5.76. The van der Waals surface area contributed by atoms with E-state index in [1.165, 1.54) is 42.8 Å². The SMILES string of the molecule is Cc1nn(CC(=O)N(C2CCCCC2)C2CCCCC2)c(C)c1S(=O)(=O)N1CCOCC1. The van der Waals surface area contributed by atoms with Gasteiger partial charge in [0.05, 0.1) is 24.6 Å². The van der Waals surface area contributed by atoms with Crippen LogP contribution in [0.2, 0.25) is 0 Å². The van der Waals surface area contributed by atoms with E-state index in [4.69, 9.17) is 4.74 Å². The topological polar surface area (TPSA) is 84.7 Å². The molecule has 3 aliphatic rings. The van der Waals surface area contributed by atoms with E-state index >= 15 is 0 Å². The average Bonchev–Trinajstić information content (AvgIpc) is 3.09. The maximum atomic E-state index is 13.6. The first kappa shape index (κ1) is 23.7. The predicted octanol–water partition coefficient (Wildman–Crippen LogP) is 3.01. The van der Waals surface area contributed by atoms with Crippen LogP contribution in [0.1, 0.15) is 75.6 Å². The Kier molecular flexibility index (Phi) is 7.57. The average molecular weight is 467 g/mol. The Labute approximate surface area is 192 Å². The Bertz CT molecular complexity index is 877. The van der Waals surface area contributed by atoms with E-state index in [2.05, 4.69) is 10.00 Å². The number of aryl methyl sites for hydroxylation is 1. The highest BCUT2D eigenvalue weighted by atomic mass is 32.2. The normalized spacial score (nSPS) is 22.2. The van der Waals surface area contributed by atoms with E-state index in [-0.39, 0.29) is 17.3 Å². The van der Waals surface area contributed by atoms with Crippen molar-refractivity contribution in [2.45, 2.75) is 102 Å². The highest BCUT2D eigenvalue weighted by molar-refractivity contribution is 7.89. The van der Waals surface area contributed by atoms with Crippen molar-refractivity contribution in [2.75, 3.05) is 26.3 Å². The van der Waals surface area contributed by atoms with E-state index in [0.717, 1.165) is 25.7 Å². The first-order valence-electron chi connectivity index (χ1n) is 12.3. The van der Waals surface area contributed by atoms with Crippen LogP contribution >= 0.6 is 0 Å². The van der Waals surface area contributed by atoms with Gasteiger partial charge in [0, 0.05) is 25.2 Å². The van der Waals surface area contributed by atoms with Gasteiger partial charge >= 0.3 is 0 Å². The smallest absolute Gasteiger partial charge is 0.246 e. The lowest BCUT2D eigenvalue weighted by Crippen LogP contribution is -2.50. The summed E-state index contributed by atoms with van der Waals surface area (Å²) < 4.78 is 35.0. The summed E-state index contributed by atoms with van der Waals surface area (Å²) in [4.78, 5) is 16.0. The van der Waals surface area contributed by atoms with E-state index in [9.17, 15) is 13.2 Å². The van der Waals surface area contributed by atoms with Gasteiger partial charge in [-0.15, -0.1) is 0 Å². The van der Waals surface area contributed by atoms with Gasteiger partial charge in [-0.1, -0.05) is 38.5 Å². The molecular formula is C23H38N4O4S. The number of morpholine rings is 1. The van der Waals surface area contributed by atoms with Gasteiger partial charge in [-0.2, -0.15) is 9.40 Å². The maximum Gasteiger partial charge on any atom is 0.246 e. The Hall–Kier alpha value is -1.45. The minimum absolute atomic E-state index is 0.0877. The van der Waals surface area contributed by atoms with Gasteiger partial charge in [-0.3, -0.25) is 9.48 Å². The molecule has 1 aromatic rings. The number of amides is 1. The number of aromatic nitrogens is 2. The Morgan fingerprint density at radius 1 is 0.969 bits per heavy atom. The van der Waals surface area contributed by atoms with Crippen molar-refractivity contribution >= 4 is 15.9 Å². The standard InChI is InChI=1S/C23H38N4O4S/c1-18-23(32(29,30)25-13-15-31-16-14-25)19(2)26(24-18)17-22(28)27(20-9-5-3-6-10-20)21-11-7-4-8-12-21/h20-21H,3-17H2,1-2H3. The molecule has 0 spiro atoms. The van der Waals surface area contributed by atoms with Gasteiger partial charge in [0.15, 0.2) is 0 Å². The summed E-state index contributed by atoms with van der Waals surface area (Å²) in [5, 5.41) is 4.52. The lowest BCUT2D eigenvalue weighted by molar-refractivity contribution is -0.138. The van der Waals surface area contributed by atoms with Crippen LogP contribution in [0.25, 0.3) is 0 Å². The first-order chi connectivity index (χ1) is 15.4. The zero-order valence-electron chi connectivity index (χ0n) is 19.6. The number of sulfonamides is 1. The third-order valence-electron chi connectivity index (χ3n) is 7.39. The van der Waals surface area contributed by atoms with Crippen molar-refractivity contribution in [2.24, 2.45) is 0 Å². The molecule has 2 saturated carbocycles. The van der Waals surface area contributed by atoms with Gasteiger partial charge in [0.2, 0.25) is 15.9 Å². The van der Waals surface area contributed by atoms with Crippen molar-refractivity contribution in [3.8, 4) is 0 Å². The van der Waals surface area contributed by atoms with Crippen molar-refractivity contribution < 1.29 is 17.9 Å². The monoisotopic (exact) mass is 466 g/mol. The third-order valence-corrected chi connectivity index (χ3v) is 9.54. The van der Waals surface area contributed by atoms with Crippen LogP contribution in [-0.2, 0) is 26.1 Å². The second kappa shape index (κ2) is 10.2. The lowest BCUT2D eigenvalue weighted by atomic mass is 9.88. The first-order valence-corrected chi connectivity index (χ1v) is 13.8. The van der Waals surface area contributed by atoms with Gasteiger partial charge in [-0.05, 0) is 39.5 Å². The van der Waals surface area contributed by atoms with Crippen LogP contribution in [-0.4, -0.2) is 71.7 Å². The zero-order chi connectivity index (χ0) is 22.7. The fraction of sp³-hybridized carbons (Fsp3) is 0.826. The number of ether oxygens (including phenoxy) is 1. The molecule has 180 valence electrons. The van der Waals surface area contributed by atoms with Crippen LogP contribution in [0.4, 0.5) is 0 Å². The summed E-state index contributed by atoms with van der Waals surface area (Å²) in [6.07, 6.45) is 11.6. The largest absolute Gasteiger partial charge is 0.379 e. The van der Waals surface area contributed by atoms with Gasteiger partial charge in [0.25, 0.3) is 0 Å². The molecule has 0 radical (unpaired) electrons. The molecule has 0 atom stereocenters. The summed E-state index contributed by atoms with van der Waals surface area (Å²) in [5.74, 6) is 0.0877. The number of rotatable bonds is 6. The molecule has 2 aliphatic carbocycles. The van der Waals surface area contributed by atoms with E-state index in [1.54, 1.807) is 18.5 Å². The van der Waals surface area contributed by atoms with Crippen molar-refractivity contribution in [1.29, 1.82) is 0 Å². The molecule has 0 bridgehead atoms. The third kappa shape index (κ3) is 4.89. The molecule has 0 aromatic carbocycles. The quantitative estimate of drug-likeness (QED) is 0.643. The highest BCUT2D eigenvalue weighted by Gasteiger charge is 2.35. The zero-order valence-corrected chi connectivity index (χ0v) is 20.4. The molecule has 1 aromatic heterocycles. The van der Waals surface area contributed by atoms with Crippen LogP contribution in [0, 0.1) is 13.8 Å². The number of carbonyl (C=O) groups is 1. The minimum Gasteiger partial charge on any atom is -0.379 e. The second-order valence-corrected chi connectivity index (χ2v) is 11.4. The molecule has 2 heterocycles. The fourth-order valence-corrected chi connectivity index (χ4v) is 7.54. The van der Waals surface area contributed by atoms with Gasteiger partial charge in [-0.25, -0.2) is 8.42 Å². The Balaban J connectivity index is 1.56. The molecule has 32 heavy (non-hydrogen) atoms. The molecule has 8 nitrogen and oxygen atoms in total. The number of carbonyl (C=O) groups excluding carboxylic acids is 1. The maximum absolute atomic E-state index is 13.6. The van der Waals surface area contributed by atoms with Gasteiger partial charge < -0.3 is 9.64 Å². The van der Waals surface area contributed by atoms with Crippen LogP contribution in [0.5, 0.6) is 0 Å². The number of hydrogen-bond donors (Lipinski definition) is 0. The van der Waals surface area contributed by atoms with Crippen LogP contribution in [0.15, 0.2) is 4.90 Å². The molecular weight excluding hydrogens is 428 g/mol. The van der Waals surface area contributed by atoms with E-state index in [0.29, 0.717) is 49.8 Å². The van der Waals surface area contributed by atoms with E-state index in [1.807, 2.05) is 0 Å². The van der Waals surface area contributed by atoms with Crippen LogP contribution < -0.4 is 0 Å². The minimum atomic E-state index is -3.65.